The summed E-state index contributed by atoms with van der Waals surface area (Å²) in [6.07, 6.45) is 1.55. The second kappa shape index (κ2) is 7.06. The van der Waals surface area contributed by atoms with Crippen LogP contribution in [0.1, 0.15) is 11.1 Å². The average molecular weight is 397 g/mol. The van der Waals surface area contributed by atoms with Gasteiger partial charge in [-0.25, -0.2) is 4.98 Å². The third kappa shape index (κ3) is 3.68. The standard InChI is InChI=1S/C21H14Cl2N2O2/c1-12-2-7-20-18(8-12)25-21(27-20)16-10-15(4-5-17(16)23)24-11-13-9-14(22)3-6-19(13)26/h2-11,26H,1H3. The molecule has 0 aliphatic carbocycles. The van der Waals surface area contributed by atoms with Crippen molar-refractivity contribution < 1.29 is 9.52 Å². The maximum atomic E-state index is 9.90. The Morgan fingerprint density at radius 1 is 1.04 bits per heavy atom. The van der Waals surface area contributed by atoms with Crippen molar-refractivity contribution in [2.75, 3.05) is 0 Å². The smallest absolute Gasteiger partial charge is 0.228 e. The van der Waals surface area contributed by atoms with Gasteiger partial charge in [0.1, 0.15) is 11.3 Å². The molecule has 0 fully saturated rings. The minimum Gasteiger partial charge on any atom is -0.507 e. The molecule has 0 saturated carbocycles. The number of aromatic hydroxyl groups is 1. The molecule has 0 spiro atoms. The monoisotopic (exact) mass is 396 g/mol. The zero-order valence-electron chi connectivity index (χ0n) is 14.3. The molecule has 0 bridgehead atoms. The Morgan fingerprint density at radius 3 is 2.74 bits per heavy atom. The van der Waals surface area contributed by atoms with Gasteiger partial charge in [0.05, 0.1) is 16.3 Å². The summed E-state index contributed by atoms with van der Waals surface area (Å²) in [5.41, 5.74) is 4.40. The Bertz CT molecular complexity index is 1180. The fourth-order valence-corrected chi connectivity index (χ4v) is 3.06. The molecule has 3 aromatic carbocycles. The lowest BCUT2D eigenvalue weighted by Gasteiger charge is -2.02. The van der Waals surface area contributed by atoms with Crippen molar-refractivity contribution >= 4 is 46.2 Å². The number of oxazole rings is 1. The Hall–Kier alpha value is -2.82. The lowest BCUT2D eigenvalue weighted by Crippen LogP contribution is -1.83. The lowest BCUT2D eigenvalue weighted by molar-refractivity contribution is 0.474. The van der Waals surface area contributed by atoms with Crippen LogP contribution in [0.5, 0.6) is 5.75 Å². The first kappa shape index (κ1) is 17.6. The van der Waals surface area contributed by atoms with Gasteiger partial charge in [0.15, 0.2) is 5.58 Å². The molecule has 1 heterocycles. The van der Waals surface area contributed by atoms with Gasteiger partial charge in [0.2, 0.25) is 5.89 Å². The molecule has 1 aromatic heterocycles. The van der Waals surface area contributed by atoms with E-state index in [0.717, 1.165) is 11.1 Å². The van der Waals surface area contributed by atoms with Gasteiger partial charge in [-0.3, -0.25) is 4.99 Å². The summed E-state index contributed by atoms with van der Waals surface area (Å²) in [6.45, 7) is 2.00. The van der Waals surface area contributed by atoms with Crippen molar-refractivity contribution in [2.24, 2.45) is 4.99 Å². The molecule has 27 heavy (non-hydrogen) atoms. The molecule has 0 saturated heterocycles. The number of hydrogen-bond donors (Lipinski definition) is 1. The molecule has 1 N–H and O–H groups in total. The van der Waals surface area contributed by atoms with Gasteiger partial charge in [-0.1, -0.05) is 29.3 Å². The first-order valence-electron chi connectivity index (χ1n) is 8.19. The lowest BCUT2D eigenvalue weighted by atomic mass is 10.2. The third-order valence-corrected chi connectivity index (χ3v) is 4.63. The Kier molecular flexibility index (Phi) is 4.60. The van der Waals surface area contributed by atoms with E-state index in [-0.39, 0.29) is 5.75 Å². The van der Waals surface area contributed by atoms with E-state index in [2.05, 4.69) is 9.98 Å². The van der Waals surface area contributed by atoms with Gasteiger partial charge in [-0.15, -0.1) is 0 Å². The van der Waals surface area contributed by atoms with Crippen LogP contribution in [0.2, 0.25) is 10.0 Å². The number of aromatic nitrogens is 1. The quantitative estimate of drug-likeness (QED) is 0.398. The zero-order chi connectivity index (χ0) is 19.0. The molecular formula is C21H14Cl2N2O2. The number of aryl methyl sites for hydroxylation is 1. The van der Waals surface area contributed by atoms with Crippen LogP contribution in [0.25, 0.3) is 22.6 Å². The van der Waals surface area contributed by atoms with Crippen LogP contribution in [0.15, 0.2) is 64.0 Å². The maximum absolute atomic E-state index is 9.90. The largest absolute Gasteiger partial charge is 0.507 e. The summed E-state index contributed by atoms with van der Waals surface area (Å²) in [5.74, 6) is 0.537. The summed E-state index contributed by atoms with van der Waals surface area (Å²) in [4.78, 5) is 8.93. The molecule has 0 unspecified atom stereocenters. The number of hydrogen-bond acceptors (Lipinski definition) is 4. The van der Waals surface area contributed by atoms with Crippen LogP contribution in [0, 0.1) is 6.92 Å². The molecule has 4 rings (SSSR count). The van der Waals surface area contributed by atoms with Gasteiger partial charge in [-0.05, 0) is 61.0 Å². The van der Waals surface area contributed by atoms with Crippen molar-refractivity contribution in [3.63, 3.8) is 0 Å². The number of halogens is 2. The highest BCUT2D eigenvalue weighted by Gasteiger charge is 2.12. The highest BCUT2D eigenvalue weighted by atomic mass is 35.5. The van der Waals surface area contributed by atoms with Gasteiger partial charge in [-0.2, -0.15) is 0 Å². The molecule has 0 aliphatic rings. The first-order valence-corrected chi connectivity index (χ1v) is 8.95. The molecule has 0 atom stereocenters. The number of fused-ring (bicyclic) bond motifs is 1. The highest BCUT2D eigenvalue weighted by Crippen LogP contribution is 2.33. The molecule has 6 heteroatoms. The average Bonchev–Trinajstić information content (AvgIpc) is 3.06. The Balaban J connectivity index is 1.72. The van der Waals surface area contributed by atoms with Crippen molar-refractivity contribution in [1.29, 1.82) is 0 Å². The van der Waals surface area contributed by atoms with E-state index in [4.69, 9.17) is 27.6 Å². The number of aliphatic imine (C=N–C) groups is 1. The van der Waals surface area contributed by atoms with E-state index in [1.54, 1.807) is 36.5 Å². The molecule has 0 radical (unpaired) electrons. The fraction of sp³-hybridized carbons (Fsp3) is 0.0476. The number of phenolic OH excluding ortho intramolecular Hbond substituents is 1. The van der Waals surface area contributed by atoms with Gasteiger partial charge < -0.3 is 9.52 Å². The summed E-state index contributed by atoms with van der Waals surface area (Å²) in [7, 11) is 0. The third-order valence-electron chi connectivity index (χ3n) is 4.07. The molecule has 0 aliphatic heterocycles. The van der Waals surface area contributed by atoms with E-state index in [9.17, 15) is 5.11 Å². The Morgan fingerprint density at radius 2 is 1.89 bits per heavy atom. The zero-order valence-corrected chi connectivity index (χ0v) is 15.8. The van der Waals surface area contributed by atoms with Crippen LogP contribution in [-0.4, -0.2) is 16.3 Å². The Labute approximate surface area is 165 Å². The van der Waals surface area contributed by atoms with Crippen LogP contribution < -0.4 is 0 Å². The summed E-state index contributed by atoms with van der Waals surface area (Å²) < 4.78 is 5.84. The van der Waals surface area contributed by atoms with E-state index in [1.807, 2.05) is 25.1 Å². The molecular weight excluding hydrogens is 383 g/mol. The highest BCUT2D eigenvalue weighted by molar-refractivity contribution is 6.33. The van der Waals surface area contributed by atoms with Crippen LogP contribution in [0.4, 0.5) is 5.69 Å². The predicted octanol–water partition coefficient (Wildman–Crippen LogP) is 6.57. The van der Waals surface area contributed by atoms with Crippen molar-refractivity contribution in [3.05, 3.63) is 75.8 Å². The second-order valence-electron chi connectivity index (χ2n) is 6.12. The molecule has 134 valence electrons. The number of phenols is 1. The normalized spacial score (nSPS) is 11.5. The number of nitrogens with zero attached hydrogens (tertiary/aromatic N) is 2. The van der Waals surface area contributed by atoms with Gasteiger partial charge in [0, 0.05) is 16.8 Å². The summed E-state index contributed by atoms with van der Waals surface area (Å²) in [5, 5.41) is 10.9. The maximum Gasteiger partial charge on any atom is 0.228 e. The SMILES string of the molecule is Cc1ccc2oc(-c3cc(N=Cc4cc(Cl)ccc4O)ccc3Cl)nc2c1. The number of rotatable bonds is 3. The fourth-order valence-electron chi connectivity index (χ4n) is 2.68. The topological polar surface area (TPSA) is 58.6 Å². The van der Waals surface area contributed by atoms with Crippen LogP contribution >= 0.6 is 23.2 Å². The molecule has 4 aromatic rings. The summed E-state index contributed by atoms with van der Waals surface area (Å²) in [6, 6.07) is 15.9. The minimum atomic E-state index is 0.103. The number of benzene rings is 3. The van der Waals surface area contributed by atoms with Crippen molar-refractivity contribution in [1.82, 2.24) is 4.98 Å². The van der Waals surface area contributed by atoms with E-state index in [1.165, 1.54) is 6.07 Å². The van der Waals surface area contributed by atoms with Crippen LogP contribution in [-0.2, 0) is 0 Å². The predicted molar refractivity (Wildman–Crippen MR) is 110 cm³/mol. The van der Waals surface area contributed by atoms with Crippen molar-refractivity contribution in [2.45, 2.75) is 6.92 Å². The van der Waals surface area contributed by atoms with Gasteiger partial charge >= 0.3 is 0 Å². The van der Waals surface area contributed by atoms with Gasteiger partial charge in [0.25, 0.3) is 0 Å². The van der Waals surface area contributed by atoms with E-state index >= 15 is 0 Å². The van der Waals surface area contributed by atoms with Crippen LogP contribution in [0.3, 0.4) is 0 Å². The first-order chi connectivity index (χ1) is 13.0. The van der Waals surface area contributed by atoms with Crippen molar-refractivity contribution in [3.8, 4) is 17.2 Å². The molecule has 4 nitrogen and oxygen atoms in total. The second-order valence-corrected chi connectivity index (χ2v) is 6.96. The minimum absolute atomic E-state index is 0.103. The molecule has 0 amide bonds. The summed E-state index contributed by atoms with van der Waals surface area (Å²) >= 11 is 12.3. The van der Waals surface area contributed by atoms with E-state index in [0.29, 0.717) is 38.3 Å². The van der Waals surface area contributed by atoms with E-state index < -0.39 is 0 Å².